The van der Waals surface area contributed by atoms with Crippen LogP contribution in [0, 0.1) is 5.92 Å². The molecule has 0 aliphatic carbocycles. The average molecular weight is 201 g/mol. The first-order chi connectivity index (χ1) is 6.08. The lowest BCUT2D eigenvalue weighted by molar-refractivity contribution is 0.516. The van der Waals surface area contributed by atoms with E-state index in [-0.39, 0.29) is 5.38 Å². The summed E-state index contributed by atoms with van der Waals surface area (Å²) < 4.78 is 1.84. The van der Waals surface area contributed by atoms with E-state index in [1.54, 1.807) is 0 Å². The summed E-state index contributed by atoms with van der Waals surface area (Å²) in [5.74, 6) is 0.613. The maximum atomic E-state index is 5.92. The van der Waals surface area contributed by atoms with E-state index in [0.717, 1.165) is 18.5 Å². The molecule has 2 atom stereocenters. The maximum absolute atomic E-state index is 5.92. The summed E-state index contributed by atoms with van der Waals surface area (Å²) in [4.78, 5) is 0. The van der Waals surface area contributed by atoms with E-state index >= 15 is 0 Å². The highest BCUT2D eigenvalue weighted by Gasteiger charge is 2.08. The third-order valence-electron chi connectivity index (χ3n) is 2.05. The van der Waals surface area contributed by atoms with Crippen LogP contribution >= 0.6 is 11.6 Å². The van der Waals surface area contributed by atoms with Gasteiger partial charge in [-0.15, -0.1) is 11.6 Å². The zero-order valence-electron chi connectivity index (χ0n) is 8.50. The third kappa shape index (κ3) is 3.81. The van der Waals surface area contributed by atoms with Gasteiger partial charge in [-0.25, -0.2) is 0 Å². The summed E-state index contributed by atoms with van der Waals surface area (Å²) in [5.41, 5.74) is 1.16. The molecule has 2 nitrogen and oxygen atoms in total. The number of rotatable bonds is 4. The van der Waals surface area contributed by atoms with Gasteiger partial charge in [0.15, 0.2) is 0 Å². The van der Waals surface area contributed by atoms with Gasteiger partial charge in [-0.2, -0.15) is 5.10 Å². The Morgan fingerprint density at radius 1 is 1.54 bits per heavy atom. The number of alkyl halides is 1. The average Bonchev–Trinajstić information content (AvgIpc) is 2.33. The molecule has 0 amide bonds. The number of aryl methyl sites for hydroxylation is 1. The summed E-state index contributed by atoms with van der Waals surface area (Å²) in [7, 11) is 1.94. The first-order valence-electron chi connectivity index (χ1n) is 4.70. The van der Waals surface area contributed by atoms with Crippen LogP contribution in [0.3, 0.4) is 0 Å². The Balaban J connectivity index is 2.40. The van der Waals surface area contributed by atoms with Crippen molar-refractivity contribution in [3.05, 3.63) is 18.0 Å². The van der Waals surface area contributed by atoms with Crippen molar-refractivity contribution in [2.75, 3.05) is 0 Å². The second-order valence-electron chi connectivity index (χ2n) is 3.81. The molecule has 0 radical (unpaired) electrons. The second kappa shape index (κ2) is 4.66. The topological polar surface area (TPSA) is 17.8 Å². The Morgan fingerprint density at radius 3 is 2.69 bits per heavy atom. The lowest BCUT2D eigenvalue weighted by Crippen LogP contribution is -2.06. The summed E-state index contributed by atoms with van der Waals surface area (Å²) in [6.07, 6.45) is 4.06. The smallest absolute Gasteiger partial charge is 0.0627 e. The van der Waals surface area contributed by atoms with E-state index in [1.807, 2.05) is 24.9 Å². The van der Waals surface area contributed by atoms with Crippen molar-refractivity contribution in [3.8, 4) is 0 Å². The van der Waals surface area contributed by atoms with Crippen LogP contribution in [0.15, 0.2) is 12.3 Å². The molecule has 0 aliphatic rings. The van der Waals surface area contributed by atoms with E-state index in [2.05, 4.69) is 18.1 Å². The maximum Gasteiger partial charge on any atom is 0.0627 e. The first kappa shape index (κ1) is 10.6. The quantitative estimate of drug-likeness (QED) is 0.684. The molecular weight excluding hydrogens is 184 g/mol. The number of nitrogens with zero attached hydrogens (tertiary/aromatic N) is 2. The fourth-order valence-electron chi connectivity index (χ4n) is 1.57. The van der Waals surface area contributed by atoms with Gasteiger partial charge < -0.3 is 0 Å². The van der Waals surface area contributed by atoms with Crippen molar-refractivity contribution in [2.24, 2.45) is 13.0 Å². The van der Waals surface area contributed by atoms with Crippen LogP contribution in [0.1, 0.15) is 26.0 Å². The molecule has 0 saturated heterocycles. The van der Waals surface area contributed by atoms with Crippen LogP contribution < -0.4 is 0 Å². The van der Waals surface area contributed by atoms with E-state index < -0.39 is 0 Å². The molecule has 0 bridgehead atoms. The molecule has 1 aromatic heterocycles. The highest BCUT2D eigenvalue weighted by atomic mass is 35.5. The van der Waals surface area contributed by atoms with Crippen LogP contribution in [0.25, 0.3) is 0 Å². The van der Waals surface area contributed by atoms with Crippen molar-refractivity contribution in [3.63, 3.8) is 0 Å². The molecule has 0 spiro atoms. The largest absolute Gasteiger partial charge is 0.276 e. The minimum absolute atomic E-state index is 0.263. The van der Waals surface area contributed by atoms with Crippen molar-refractivity contribution < 1.29 is 0 Å². The summed E-state index contributed by atoms with van der Waals surface area (Å²) in [5, 5.41) is 4.59. The molecule has 0 fully saturated rings. The molecule has 1 heterocycles. The van der Waals surface area contributed by atoms with Gasteiger partial charge in [-0.3, -0.25) is 4.68 Å². The van der Waals surface area contributed by atoms with Crippen molar-refractivity contribution in [1.82, 2.24) is 9.78 Å². The normalized spacial score (nSPS) is 15.7. The van der Waals surface area contributed by atoms with E-state index in [9.17, 15) is 0 Å². The molecule has 0 N–H and O–H groups in total. The second-order valence-corrected chi connectivity index (χ2v) is 4.55. The monoisotopic (exact) mass is 200 g/mol. The zero-order valence-corrected chi connectivity index (χ0v) is 9.25. The van der Waals surface area contributed by atoms with Gasteiger partial charge in [0, 0.05) is 18.6 Å². The molecule has 74 valence electrons. The van der Waals surface area contributed by atoms with Crippen molar-refractivity contribution in [2.45, 2.75) is 32.1 Å². The van der Waals surface area contributed by atoms with E-state index in [0.29, 0.717) is 5.92 Å². The summed E-state index contributed by atoms with van der Waals surface area (Å²) >= 11 is 5.92. The molecule has 1 rings (SSSR count). The van der Waals surface area contributed by atoms with E-state index in [4.69, 9.17) is 11.6 Å². The Kier molecular flexibility index (Phi) is 3.79. The van der Waals surface area contributed by atoms with E-state index in [1.165, 1.54) is 0 Å². The van der Waals surface area contributed by atoms with Gasteiger partial charge in [0.05, 0.1) is 5.69 Å². The Bertz CT molecular complexity index is 255. The number of hydrogen-bond donors (Lipinski definition) is 0. The summed E-state index contributed by atoms with van der Waals surface area (Å²) in [6, 6.07) is 2.06. The highest BCUT2D eigenvalue weighted by Crippen LogP contribution is 2.14. The Morgan fingerprint density at radius 2 is 2.23 bits per heavy atom. The minimum Gasteiger partial charge on any atom is -0.276 e. The number of halogens is 1. The lowest BCUT2D eigenvalue weighted by Gasteiger charge is -2.10. The van der Waals surface area contributed by atoms with Crippen LogP contribution in [0.2, 0.25) is 0 Å². The predicted molar refractivity (Wildman–Crippen MR) is 56.0 cm³/mol. The summed E-state index contributed by atoms with van der Waals surface area (Å²) in [6.45, 7) is 4.25. The lowest BCUT2D eigenvalue weighted by atomic mass is 10.0. The number of hydrogen-bond acceptors (Lipinski definition) is 1. The SMILES string of the molecule is CC(Cl)CC(C)Cc1ccn(C)n1. The van der Waals surface area contributed by atoms with Gasteiger partial charge >= 0.3 is 0 Å². The van der Waals surface area contributed by atoms with Gasteiger partial charge in [0.1, 0.15) is 0 Å². The van der Waals surface area contributed by atoms with Crippen LogP contribution in [-0.4, -0.2) is 15.2 Å². The third-order valence-corrected chi connectivity index (χ3v) is 2.23. The fourth-order valence-corrected chi connectivity index (χ4v) is 1.87. The molecule has 0 saturated carbocycles. The Hall–Kier alpha value is -0.500. The van der Waals surface area contributed by atoms with Crippen LogP contribution in [-0.2, 0) is 13.5 Å². The standard InChI is InChI=1S/C10H17ClN2/c1-8(6-9(2)11)7-10-4-5-13(3)12-10/h4-5,8-9H,6-7H2,1-3H3. The predicted octanol–water partition coefficient (Wildman–Crippen LogP) is 2.62. The molecule has 2 unspecified atom stereocenters. The fraction of sp³-hybridized carbons (Fsp3) is 0.700. The molecule has 3 heteroatoms. The molecular formula is C10H17ClN2. The molecule has 0 aromatic carbocycles. The van der Waals surface area contributed by atoms with Crippen molar-refractivity contribution >= 4 is 11.6 Å². The van der Waals surface area contributed by atoms with Crippen molar-refractivity contribution in [1.29, 1.82) is 0 Å². The molecule has 13 heavy (non-hydrogen) atoms. The zero-order chi connectivity index (χ0) is 9.84. The molecule has 0 aliphatic heterocycles. The minimum atomic E-state index is 0.263. The van der Waals surface area contributed by atoms with Crippen LogP contribution in [0.5, 0.6) is 0 Å². The molecule has 1 aromatic rings. The van der Waals surface area contributed by atoms with Gasteiger partial charge in [-0.1, -0.05) is 6.92 Å². The van der Waals surface area contributed by atoms with Gasteiger partial charge in [0.25, 0.3) is 0 Å². The number of aromatic nitrogens is 2. The highest BCUT2D eigenvalue weighted by molar-refractivity contribution is 6.20. The van der Waals surface area contributed by atoms with Crippen LogP contribution in [0.4, 0.5) is 0 Å². The first-order valence-corrected chi connectivity index (χ1v) is 5.14. The Labute approximate surface area is 84.9 Å². The van der Waals surface area contributed by atoms with Gasteiger partial charge in [0.2, 0.25) is 0 Å². The van der Waals surface area contributed by atoms with Gasteiger partial charge in [-0.05, 0) is 31.7 Å².